The summed E-state index contributed by atoms with van der Waals surface area (Å²) in [5.74, 6) is 2.14. The molecule has 1 unspecified atom stereocenters. The molecule has 0 aliphatic rings. The lowest BCUT2D eigenvalue weighted by Crippen LogP contribution is -2.24. The van der Waals surface area contributed by atoms with E-state index in [9.17, 15) is 4.79 Å². The van der Waals surface area contributed by atoms with Gasteiger partial charge in [0, 0.05) is 17.6 Å². The number of aromatic nitrogens is 3. The summed E-state index contributed by atoms with van der Waals surface area (Å²) in [5, 5.41) is 13.1. The number of thioether (sulfide) groups is 1. The first kappa shape index (κ1) is 25.1. The van der Waals surface area contributed by atoms with Gasteiger partial charge >= 0.3 is 0 Å². The fourth-order valence-corrected chi connectivity index (χ4v) is 4.47. The van der Waals surface area contributed by atoms with Crippen LogP contribution in [-0.4, -0.2) is 26.4 Å². The van der Waals surface area contributed by atoms with Crippen molar-refractivity contribution in [3.63, 3.8) is 0 Å². The van der Waals surface area contributed by atoms with E-state index in [1.807, 2.05) is 54.0 Å². The average molecular weight is 487 g/mol. The van der Waals surface area contributed by atoms with Gasteiger partial charge in [-0.25, -0.2) is 0 Å². The average Bonchev–Trinajstić information content (AvgIpc) is 3.22. The molecule has 176 valence electrons. The molecule has 0 saturated heterocycles. The summed E-state index contributed by atoms with van der Waals surface area (Å²) in [6, 6.07) is 15.6. The molecule has 0 saturated carbocycles. The maximum Gasteiger partial charge on any atom is 0.230 e. The highest BCUT2D eigenvalue weighted by Crippen LogP contribution is 2.31. The van der Waals surface area contributed by atoms with E-state index in [1.165, 1.54) is 11.8 Å². The van der Waals surface area contributed by atoms with Gasteiger partial charge < -0.3 is 14.6 Å². The summed E-state index contributed by atoms with van der Waals surface area (Å²) in [5.41, 5.74) is 2.16. The minimum Gasteiger partial charge on any atom is -0.482 e. The SMILES string of the molecule is CC(C)c1ccccc1OC(C)c1nnc(SCC(=O)NCc2ccc(Cl)cc2)n1C(C)C. The quantitative estimate of drug-likeness (QED) is 0.346. The Morgan fingerprint density at radius 2 is 1.76 bits per heavy atom. The van der Waals surface area contributed by atoms with Crippen LogP contribution in [-0.2, 0) is 11.3 Å². The third-order valence-corrected chi connectivity index (χ3v) is 6.35. The second-order valence-electron chi connectivity index (χ2n) is 8.45. The van der Waals surface area contributed by atoms with E-state index in [4.69, 9.17) is 16.3 Å². The summed E-state index contributed by atoms with van der Waals surface area (Å²) in [6.07, 6.45) is -0.284. The molecule has 2 aromatic carbocycles. The maximum atomic E-state index is 12.4. The molecule has 0 aliphatic carbocycles. The Morgan fingerprint density at radius 3 is 2.42 bits per heavy atom. The van der Waals surface area contributed by atoms with Crippen LogP contribution in [0.5, 0.6) is 5.75 Å². The molecule has 1 atom stereocenters. The zero-order valence-electron chi connectivity index (χ0n) is 19.7. The number of hydrogen-bond donors (Lipinski definition) is 1. The molecule has 1 aromatic heterocycles. The largest absolute Gasteiger partial charge is 0.482 e. The Labute approximate surface area is 205 Å². The highest BCUT2D eigenvalue weighted by molar-refractivity contribution is 7.99. The van der Waals surface area contributed by atoms with Crippen molar-refractivity contribution in [3.05, 3.63) is 70.5 Å². The van der Waals surface area contributed by atoms with Crippen LogP contribution in [0, 0.1) is 0 Å². The number of ether oxygens (including phenoxy) is 1. The Hall–Kier alpha value is -2.51. The zero-order valence-corrected chi connectivity index (χ0v) is 21.3. The van der Waals surface area contributed by atoms with Gasteiger partial charge in [-0.15, -0.1) is 10.2 Å². The van der Waals surface area contributed by atoms with Crippen molar-refractivity contribution in [1.82, 2.24) is 20.1 Å². The molecule has 8 heteroatoms. The molecule has 1 N–H and O–H groups in total. The van der Waals surface area contributed by atoms with Crippen molar-refractivity contribution in [2.24, 2.45) is 0 Å². The monoisotopic (exact) mass is 486 g/mol. The number of nitrogens with zero attached hydrogens (tertiary/aromatic N) is 3. The van der Waals surface area contributed by atoms with Crippen molar-refractivity contribution in [2.75, 3.05) is 5.75 Å². The van der Waals surface area contributed by atoms with Crippen LogP contribution in [0.15, 0.2) is 53.7 Å². The normalized spacial score (nSPS) is 12.2. The van der Waals surface area contributed by atoms with E-state index in [0.717, 1.165) is 22.7 Å². The van der Waals surface area contributed by atoms with Crippen molar-refractivity contribution in [3.8, 4) is 5.75 Å². The first-order valence-corrected chi connectivity index (χ1v) is 12.5. The fourth-order valence-electron chi connectivity index (χ4n) is 3.44. The molecule has 6 nitrogen and oxygen atoms in total. The molecule has 0 spiro atoms. The van der Waals surface area contributed by atoms with Gasteiger partial charge in [0.15, 0.2) is 17.1 Å². The van der Waals surface area contributed by atoms with Crippen molar-refractivity contribution in [1.29, 1.82) is 0 Å². The Balaban J connectivity index is 1.65. The van der Waals surface area contributed by atoms with E-state index in [2.05, 4.69) is 49.3 Å². The van der Waals surface area contributed by atoms with Crippen LogP contribution in [0.1, 0.15) is 69.6 Å². The summed E-state index contributed by atoms with van der Waals surface area (Å²) in [4.78, 5) is 12.4. The smallest absolute Gasteiger partial charge is 0.230 e. The van der Waals surface area contributed by atoms with Crippen molar-refractivity contribution in [2.45, 2.75) is 64.4 Å². The molecular weight excluding hydrogens is 456 g/mol. The molecule has 1 heterocycles. The van der Waals surface area contributed by atoms with Crippen molar-refractivity contribution >= 4 is 29.3 Å². The Bertz CT molecular complexity index is 1070. The third-order valence-electron chi connectivity index (χ3n) is 5.15. The maximum absolute atomic E-state index is 12.4. The zero-order chi connectivity index (χ0) is 24.0. The summed E-state index contributed by atoms with van der Waals surface area (Å²) >= 11 is 7.28. The molecule has 0 bridgehead atoms. The van der Waals surface area contributed by atoms with Gasteiger partial charge in [0.1, 0.15) is 5.75 Å². The highest BCUT2D eigenvalue weighted by atomic mass is 35.5. The van der Waals surface area contributed by atoms with E-state index in [1.54, 1.807) is 0 Å². The van der Waals surface area contributed by atoms with Crippen LogP contribution in [0.3, 0.4) is 0 Å². The summed E-state index contributed by atoms with van der Waals surface area (Å²) in [7, 11) is 0. The van der Waals surface area contributed by atoms with Crippen LogP contribution < -0.4 is 10.1 Å². The van der Waals surface area contributed by atoms with Gasteiger partial charge in [0.05, 0.1) is 5.75 Å². The standard InChI is InChI=1S/C25H31ClN4O2S/c1-16(2)21-8-6-7-9-22(21)32-18(5)24-28-29-25(30(24)17(3)4)33-15-23(31)27-14-19-10-12-20(26)13-11-19/h6-13,16-18H,14-15H2,1-5H3,(H,27,31). The van der Waals surface area contributed by atoms with Gasteiger partial charge in [0.25, 0.3) is 0 Å². The van der Waals surface area contributed by atoms with E-state index >= 15 is 0 Å². The van der Waals surface area contributed by atoms with Gasteiger partial charge in [-0.2, -0.15) is 0 Å². The number of benzene rings is 2. The highest BCUT2D eigenvalue weighted by Gasteiger charge is 2.23. The Morgan fingerprint density at radius 1 is 1.06 bits per heavy atom. The predicted octanol–water partition coefficient (Wildman–Crippen LogP) is 6.18. The molecule has 33 heavy (non-hydrogen) atoms. The number of halogens is 1. The van der Waals surface area contributed by atoms with Crippen LogP contribution in [0.25, 0.3) is 0 Å². The fraction of sp³-hybridized carbons (Fsp3) is 0.400. The number of hydrogen-bond acceptors (Lipinski definition) is 5. The number of carbonyl (C=O) groups is 1. The van der Waals surface area contributed by atoms with Gasteiger partial charge in [-0.05, 0) is 56.0 Å². The topological polar surface area (TPSA) is 69.0 Å². The molecule has 0 aliphatic heterocycles. The lowest BCUT2D eigenvalue weighted by atomic mass is 10.0. The molecule has 3 aromatic rings. The second kappa shape index (κ2) is 11.6. The van der Waals surface area contributed by atoms with Crippen molar-refractivity contribution < 1.29 is 9.53 Å². The number of carbonyl (C=O) groups excluding carboxylic acids is 1. The molecule has 0 fully saturated rings. The van der Waals surface area contributed by atoms with E-state index < -0.39 is 0 Å². The Kier molecular flexibility index (Phi) is 8.80. The molecular formula is C25H31ClN4O2S. The lowest BCUT2D eigenvalue weighted by Gasteiger charge is -2.21. The lowest BCUT2D eigenvalue weighted by molar-refractivity contribution is -0.118. The van der Waals surface area contributed by atoms with E-state index in [0.29, 0.717) is 22.6 Å². The molecule has 0 radical (unpaired) electrons. The second-order valence-corrected chi connectivity index (χ2v) is 9.83. The minimum atomic E-state index is -0.284. The summed E-state index contributed by atoms with van der Waals surface area (Å²) in [6.45, 7) is 10.9. The number of para-hydroxylation sites is 1. The number of nitrogens with one attached hydrogen (secondary N) is 1. The van der Waals surface area contributed by atoms with Crippen LogP contribution >= 0.6 is 23.4 Å². The van der Waals surface area contributed by atoms with Gasteiger partial charge in [-0.1, -0.05) is 67.5 Å². The molecule has 3 rings (SSSR count). The predicted molar refractivity (Wildman–Crippen MR) is 134 cm³/mol. The number of amides is 1. The van der Waals surface area contributed by atoms with Gasteiger partial charge in [0.2, 0.25) is 5.91 Å². The summed E-state index contributed by atoms with van der Waals surface area (Å²) < 4.78 is 8.34. The minimum absolute atomic E-state index is 0.0648. The van der Waals surface area contributed by atoms with E-state index in [-0.39, 0.29) is 23.8 Å². The van der Waals surface area contributed by atoms with Crippen LogP contribution in [0.4, 0.5) is 0 Å². The van der Waals surface area contributed by atoms with Crippen LogP contribution in [0.2, 0.25) is 5.02 Å². The van der Waals surface area contributed by atoms with Gasteiger partial charge in [-0.3, -0.25) is 4.79 Å². The number of rotatable bonds is 10. The third kappa shape index (κ3) is 6.74. The first-order valence-electron chi connectivity index (χ1n) is 11.1. The molecule has 1 amide bonds. The first-order chi connectivity index (χ1) is 15.8.